The van der Waals surface area contributed by atoms with Crippen LogP contribution in [-0.2, 0) is 32.7 Å². The summed E-state index contributed by atoms with van der Waals surface area (Å²) in [4.78, 5) is 44.7. The van der Waals surface area contributed by atoms with E-state index < -0.39 is 57.6 Å². The fourth-order valence-electron chi connectivity index (χ4n) is 4.36. The summed E-state index contributed by atoms with van der Waals surface area (Å²) in [6.07, 6.45) is 30.5. The minimum Gasteiger partial charge on any atom is -0.480 e. The Morgan fingerprint density at radius 1 is 0.681 bits per heavy atom. The van der Waals surface area contributed by atoms with Gasteiger partial charge in [0.25, 0.3) is 0 Å². The van der Waals surface area contributed by atoms with Crippen LogP contribution in [0, 0.1) is 0 Å². The van der Waals surface area contributed by atoms with Gasteiger partial charge < -0.3 is 25.2 Å². The second-order valence-electron chi connectivity index (χ2n) is 11.7. The molecule has 272 valence electrons. The standard InChI is InChI=1S/C35H62NO10P/c1-3-5-7-8-9-10-11-12-13-14-15-16-17-18-19-20-21-22-23-24-25-27-34(39)44-28-31(37)29-45-47(42,43)46-30-32(35(40)41)36-33(38)26-6-4-2/h9-10,12-13,15-16,31-32,37H,3-8,11,14,17-30H2,1-2H3,(H,36,38)(H,40,41)(H,42,43)/b10-9-,13-12-,16-15-. The molecule has 0 aliphatic rings. The first-order valence-corrected chi connectivity index (χ1v) is 19.0. The van der Waals surface area contributed by atoms with Gasteiger partial charge in [0.15, 0.2) is 6.04 Å². The average Bonchev–Trinajstić information content (AvgIpc) is 3.04. The maximum absolute atomic E-state index is 12.0. The zero-order valence-electron chi connectivity index (χ0n) is 28.8. The maximum Gasteiger partial charge on any atom is 0.472 e. The van der Waals surface area contributed by atoms with E-state index in [2.05, 4.69) is 57.7 Å². The van der Waals surface area contributed by atoms with Gasteiger partial charge in [0, 0.05) is 12.8 Å². The molecule has 0 aromatic rings. The monoisotopic (exact) mass is 687 g/mol. The number of carboxylic acid groups (broad SMARTS) is 1. The van der Waals surface area contributed by atoms with Gasteiger partial charge in [-0.1, -0.05) is 108 Å². The maximum atomic E-state index is 12.0. The van der Waals surface area contributed by atoms with Crippen molar-refractivity contribution in [2.45, 2.75) is 148 Å². The van der Waals surface area contributed by atoms with E-state index in [4.69, 9.17) is 4.74 Å². The van der Waals surface area contributed by atoms with Crippen LogP contribution in [0.15, 0.2) is 36.5 Å². The summed E-state index contributed by atoms with van der Waals surface area (Å²) in [5.74, 6) is -2.43. The number of esters is 1. The number of carbonyl (C=O) groups is 3. The molecule has 12 heteroatoms. The molecule has 0 spiro atoms. The van der Waals surface area contributed by atoms with Gasteiger partial charge in [-0.15, -0.1) is 0 Å². The molecule has 0 aromatic carbocycles. The van der Waals surface area contributed by atoms with E-state index in [1.54, 1.807) is 0 Å². The topological polar surface area (TPSA) is 169 Å². The molecule has 3 atom stereocenters. The Morgan fingerprint density at radius 2 is 1.19 bits per heavy atom. The second kappa shape index (κ2) is 31.0. The molecule has 0 rings (SSSR count). The first-order chi connectivity index (χ1) is 22.6. The highest BCUT2D eigenvalue weighted by molar-refractivity contribution is 7.47. The quantitative estimate of drug-likeness (QED) is 0.0238. The Labute approximate surface area is 282 Å². The Kier molecular flexibility index (Phi) is 29.5. The van der Waals surface area contributed by atoms with Crippen LogP contribution in [0.1, 0.15) is 136 Å². The van der Waals surface area contributed by atoms with Crippen molar-refractivity contribution in [1.29, 1.82) is 0 Å². The number of phosphoric acid groups is 1. The average molecular weight is 688 g/mol. The van der Waals surface area contributed by atoms with E-state index in [-0.39, 0.29) is 12.8 Å². The number of allylic oxidation sites excluding steroid dienone is 6. The van der Waals surface area contributed by atoms with Crippen molar-refractivity contribution >= 4 is 25.7 Å². The summed E-state index contributed by atoms with van der Waals surface area (Å²) in [7, 11) is -4.73. The largest absolute Gasteiger partial charge is 0.480 e. The first-order valence-electron chi connectivity index (χ1n) is 17.5. The number of rotatable bonds is 32. The molecule has 0 aromatic heterocycles. The fourth-order valence-corrected chi connectivity index (χ4v) is 5.13. The molecule has 0 saturated heterocycles. The zero-order chi connectivity index (χ0) is 35.0. The van der Waals surface area contributed by atoms with Crippen molar-refractivity contribution in [2.24, 2.45) is 0 Å². The predicted molar refractivity (Wildman–Crippen MR) is 185 cm³/mol. The number of amides is 1. The normalized spacial score (nSPS) is 14.5. The molecule has 11 nitrogen and oxygen atoms in total. The fraction of sp³-hybridized carbons (Fsp3) is 0.743. The number of aliphatic hydroxyl groups is 1. The summed E-state index contributed by atoms with van der Waals surface area (Å²) < 4.78 is 26.4. The highest BCUT2D eigenvalue weighted by Gasteiger charge is 2.28. The molecule has 0 aliphatic carbocycles. The highest BCUT2D eigenvalue weighted by Crippen LogP contribution is 2.43. The lowest BCUT2D eigenvalue weighted by molar-refractivity contribution is -0.147. The van der Waals surface area contributed by atoms with Crippen LogP contribution in [0.2, 0.25) is 0 Å². The Bertz CT molecular complexity index is 953. The SMILES string of the molecule is CCCCC/C=C\C/C=C\C/C=C\CCCCCCCCCCC(=O)OCC(O)COP(=O)(O)OCC(NC(=O)CCCC)C(=O)O. The van der Waals surface area contributed by atoms with Crippen molar-refractivity contribution in [3.8, 4) is 0 Å². The Balaban J connectivity index is 3.78. The van der Waals surface area contributed by atoms with Gasteiger partial charge in [-0.3, -0.25) is 18.6 Å². The van der Waals surface area contributed by atoms with Crippen LogP contribution in [0.5, 0.6) is 0 Å². The summed E-state index contributed by atoms with van der Waals surface area (Å²) in [5, 5.41) is 21.3. The number of hydrogen-bond donors (Lipinski definition) is 4. The summed E-state index contributed by atoms with van der Waals surface area (Å²) in [5.41, 5.74) is 0. The predicted octanol–water partition coefficient (Wildman–Crippen LogP) is 7.71. The summed E-state index contributed by atoms with van der Waals surface area (Å²) in [6, 6.07) is -1.54. The van der Waals surface area contributed by atoms with Crippen LogP contribution < -0.4 is 5.32 Å². The molecule has 0 heterocycles. The minimum absolute atomic E-state index is 0.119. The van der Waals surface area contributed by atoms with Crippen LogP contribution in [-0.4, -0.2) is 64.9 Å². The molecular weight excluding hydrogens is 625 g/mol. The number of carboxylic acids is 1. The van der Waals surface area contributed by atoms with Crippen molar-refractivity contribution in [1.82, 2.24) is 5.32 Å². The van der Waals surface area contributed by atoms with Crippen molar-refractivity contribution in [3.63, 3.8) is 0 Å². The van der Waals surface area contributed by atoms with Gasteiger partial charge in [0.05, 0.1) is 13.2 Å². The molecule has 4 N–H and O–H groups in total. The third-order valence-electron chi connectivity index (χ3n) is 7.18. The summed E-state index contributed by atoms with van der Waals surface area (Å²) >= 11 is 0. The van der Waals surface area contributed by atoms with Crippen molar-refractivity contribution in [3.05, 3.63) is 36.5 Å². The van der Waals surface area contributed by atoms with Gasteiger partial charge in [-0.05, 0) is 51.4 Å². The molecule has 3 unspecified atom stereocenters. The lowest BCUT2D eigenvalue weighted by Gasteiger charge is -2.18. The van der Waals surface area contributed by atoms with Crippen molar-refractivity contribution < 1.29 is 47.8 Å². The van der Waals surface area contributed by atoms with E-state index in [0.717, 1.165) is 44.9 Å². The number of phosphoric ester groups is 1. The van der Waals surface area contributed by atoms with Gasteiger partial charge >= 0.3 is 19.8 Å². The van der Waals surface area contributed by atoms with E-state index in [0.29, 0.717) is 12.8 Å². The van der Waals surface area contributed by atoms with Crippen LogP contribution in [0.3, 0.4) is 0 Å². The highest BCUT2D eigenvalue weighted by atomic mass is 31.2. The number of unbranched alkanes of at least 4 members (excludes halogenated alkanes) is 12. The summed E-state index contributed by atoms with van der Waals surface area (Å²) in [6.45, 7) is 2.20. The van der Waals surface area contributed by atoms with Crippen LogP contribution in [0.25, 0.3) is 0 Å². The minimum atomic E-state index is -4.73. The van der Waals surface area contributed by atoms with E-state index in [1.165, 1.54) is 51.4 Å². The molecule has 0 aliphatic heterocycles. The van der Waals surface area contributed by atoms with E-state index >= 15 is 0 Å². The third kappa shape index (κ3) is 30.8. The lowest BCUT2D eigenvalue weighted by atomic mass is 10.1. The molecule has 0 fully saturated rings. The number of aliphatic hydroxyl groups excluding tert-OH is 1. The molecule has 0 saturated carbocycles. The number of nitrogens with one attached hydrogen (secondary N) is 1. The molecule has 47 heavy (non-hydrogen) atoms. The third-order valence-corrected chi connectivity index (χ3v) is 8.13. The Morgan fingerprint density at radius 3 is 1.77 bits per heavy atom. The smallest absolute Gasteiger partial charge is 0.472 e. The van der Waals surface area contributed by atoms with Gasteiger partial charge in [0.1, 0.15) is 12.7 Å². The number of carbonyl (C=O) groups excluding carboxylic acids is 2. The van der Waals surface area contributed by atoms with Gasteiger partial charge in [-0.25, -0.2) is 9.36 Å². The van der Waals surface area contributed by atoms with Crippen LogP contribution >= 0.6 is 7.82 Å². The van der Waals surface area contributed by atoms with Gasteiger partial charge in [0.2, 0.25) is 5.91 Å². The lowest BCUT2D eigenvalue weighted by Crippen LogP contribution is -2.43. The molecular formula is C35H62NO10P. The van der Waals surface area contributed by atoms with Gasteiger partial charge in [-0.2, -0.15) is 0 Å². The second-order valence-corrected chi connectivity index (χ2v) is 13.2. The Hall–Kier alpha value is -2.30. The molecule has 1 amide bonds. The molecule has 0 radical (unpaired) electrons. The van der Waals surface area contributed by atoms with E-state index in [9.17, 15) is 34.1 Å². The number of hydrogen-bond acceptors (Lipinski definition) is 8. The molecule has 0 bridgehead atoms. The zero-order valence-corrected chi connectivity index (χ0v) is 29.7. The first kappa shape index (κ1) is 44.7. The number of aliphatic carboxylic acids is 1. The number of ether oxygens (including phenoxy) is 1. The van der Waals surface area contributed by atoms with Crippen LogP contribution in [0.4, 0.5) is 0 Å². The van der Waals surface area contributed by atoms with Crippen molar-refractivity contribution in [2.75, 3.05) is 19.8 Å². The van der Waals surface area contributed by atoms with E-state index in [1.807, 2.05) is 6.92 Å².